The molecule has 0 saturated heterocycles. The van der Waals surface area contributed by atoms with Gasteiger partial charge in [0.05, 0.1) is 5.92 Å². The Morgan fingerprint density at radius 3 is 2.66 bits per heavy atom. The van der Waals surface area contributed by atoms with Crippen molar-refractivity contribution in [2.75, 3.05) is 6.61 Å². The molecule has 3 aromatic rings. The largest absolute Gasteiger partial charge is 0.489 e. The van der Waals surface area contributed by atoms with Crippen LogP contribution in [0.15, 0.2) is 73.1 Å². The van der Waals surface area contributed by atoms with E-state index < -0.39 is 11.8 Å². The molecular formula is C23H22N2O4. The zero-order chi connectivity index (χ0) is 20.1. The van der Waals surface area contributed by atoms with Crippen LogP contribution in [0.2, 0.25) is 0 Å². The van der Waals surface area contributed by atoms with Crippen molar-refractivity contribution in [3.8, 4) is 17.2 Å². The second kappa shape index (κ2) is 8.65. The van der Waals surface area contributed by atoms with Crippen LogP contribution in [-0.4, -0.2) is 23.6 Å². The van der Waals surface area contributed by atoms with Crippen LogP contribution in [-0.2, 0) is 11.4 Å². The van der Waals surface area contributed by atoms with Gasteiger partial charge in [-0.25, -0.2) is 0 Å². The van der Waals surface area contributed by atoms with Crippen LogP contribution in [0.1, 0.15) is 23.5 Å². The van der Waals surface area contributed by atoms with Crippen LogP contribution in [0.4, 0.5) is 0 Å². The predicted octanol–water partition coefficient (Wildman–Crippen LogP) is 3.46. The lowest BCUT2D eigenvalue weighted by Crippen LogP contribution is -2.34. The number of hydrogen-bond acceptors (Lipinski definition) is 5. The van der Waals surface area contributed by atoms with E-state index >= 15 is 0 Å². The second-order valence-corrected chi connectivity index (χ2v) is 6.90. The molecule has 0 spiro atoms. The number of fused-ring (bicyclic) bond motifs is 1. The molecule has 4 rings (SSSR count). The van der Waals surface area contributed by atoms with Crippen LogP contribution >= 0.6 is 0 Å². The van der Waals surface area contributed by atoms with E-state index in [1.165, 1.54) is 0 Å². The number of nitrogens with two attached hydrogens (primary N) is 1. The monoisotopic (exact) mass is 390 g/mol. The minimum atomic E-state index is -0.467. The highest BCUT2D eigenvalue weighted by atomic mass is 16.6. The highest BCUT2D eigenvalue weighted by molar-refractivity contribution is 5.81. The van der Waals surface area contributed by atoms with Crippen molar-refractivity contribution in [3.63, 3.8) is 0 Å². The molecule has 1 aliphatic heterocycles. The fourth-order valence-electron chi connectivity index (χ4n) is 3.32. The number of primary amides is 1. The van der Waals surface area contributed by atoms with Crippen molar-refractivity contribution in [3.05, 3.63) is 84.2 Å². The SMILES string of the molecule is NC(=O)C(C[C@@H]1COc2ccc(OCc3ccccc3)cc2O1)c1ccncc1. The van der Waals surface area contributed by atoms with E-state index in [0.29, 0.717) is 36.9 Å². The molecule has 1 aliphatic rings. The van der Waals surface area contributed by atoms with Gasteiger partial charge in [0.1, 0.15) is 25.1 Å². The maximum atomic E-state index is 12.0. The number of aromatic nitrogens is 1. The smallest absolute Gasteiger partial charge is 0.225 e. The maximum Gasteiger partial charge on any atom is 0.225 e. The molecule has 1 unspecified atom stereocenters. The van der Waals surface area contributed by atoms with Gasteiger partial charge >= 0.3 is 0 Å². The lowest BCUT2D eigenvalue weighted by molar-refractivity contribution is -0.120. The van der Waals surface area contributed by atoms with Gasteiger partial charge in [-0.2, -0.15) is 0 Å². The summed E-state index contributed by atoms with van der Waals surface area (Å²) >= 11 is 0. The quantitative estimate of drug-likeness (QED) is 0.668. The van der Waals surface area contributed by atoms with Crippen molar-refractivity contribution in [2.24, 2.45) is 5.73 Å². The molecule has 0 fully saturated rings. The van der Waals surface area contributed by atoms with Gasteiger partial charge in [0.15, 0.2) is 11.5 Å². The van der Waals surface area contributed by atoms with Gasteiger partial charge in [0.2, 0.25) is 5.91 Å². The fourth-order valence-corrected chi connectivity index (χ4v) is 3.32. The molecule has 0 aliphatic carbocycles. The molecule has 2 heterocycles. The summed E-state index contributed by atoms with van der Waals surface area (Å²) in [7, 11) is 0. The third kappa shape index (κ3) is 4.66. The Morgan fingerprint density at radius 1 is 1.10 bits per heavy atom. The Kier molecular flexibility index (Phi) is 5.61. The summed E-state index contributed by atoms with van der Waals surface area (Å²) in [6, 6.07) is 19.0. The minimum Gasteiger partial charge on any atom is -0.489 e. The van der Waals surface area contributed by atoms with Crippen molar-refractivity contribution >= 4 is 5.91 Å². The van der Waals surface area contributed by atoms with Crippen molar-refractivity contribution in [1.29, 1.82) is 0 Å². The molecular weight excluding hydrogens is 368 g/mol. The van der Waals surface area contributed by atoms with Gasteiger partial charge in [-0.1, -0.05) is 30.3 Å². The first-order valence-corrected chi connectivity index (χ1v) is 9.48. The maximum absolute atomic E-state index is 12.0. The number of carbonyl (C=O) groups is 1. The number of nitrogens with zero attached hydrogens (tertiary/aromatic N) is 1. The van der Waals surface area contributed by atoms with Crippen molar-refractivity contribution < 1.29 is 19.0 Å². The van der Waals surface area contributed by atoms with Crippen LogP contribution in [0.3, 0.4) is 0 Å². The molecule has 0 saturated carbocycles. The Hall–Kier alpha value is -3.54. The highest BCUT2D eigenvalue weighted by Gasteiger charge is 2.28. The zero-order valence-electron chi connectivity index (χ0n) is 15.9. The Balaban J connectivity index is 1.43. The molecule has 2 atom stereocenters. The summed E-state index contributed by atoms with van der Waals surface area (Å²) in [4.78, 5) is 16.0. The van der Waals surface area contributed by atoms with E-state index in [1.807, 2.05) is 48.5 Å². The normalized spacial score (nSPS) is 16.1. The summed E-state index contributed by atoms with van der Waals surface area (Å²) < 4.78 is 17.8. The molecule has 6 heteroatoms. The summed E-state index contributed by atoms with van der Waals surface area (Å²) in [5, 5.41) is 0. The molecule has 2 aromatic carbocycles. The summed E-state index contributed by atoms with van der Waals surface area (Å²) in [5.74, 6) is 1.09. The second-order valence-electron chi connectivity index (χ2n) is 6.90. The van der Waals surface area contributed by atoms with Gasteiger partial charge in [0, 0.05) is 24.9 Å². The van der Waals surface area contributed by atoms with E-state index in [-0.39, 0.29) is 6.10 Å². The van der Waals surface area contributed by atoms with Gasteiger partial charge in [-0.05, 0) is 35.4 Å². The average Bonchev–Trinajstić information content (AvgIpc) is 2.77. The fraction of sp³-hybridized carbons (Fsp3) is 0.217. The van der Waals surface area contributed by atoms with E-state index in [9.17, 15) is 4.79 Å². The molecule has 6 nitrogen and oxygen atoms in total. The van der Waals surface area contributed by atoms with Gasteiger partial charge in [-0.15, -0.1) is 0 Å². The third-order valence-electron chi connectivity index (χ3n) is 4.83. The lowest BCUT2D eigenvalue weighted by Gasteiger charge is -2.29. The summed E-state index contributed by atoms with van der Waals surface area (Å²) in [5.41, 5.74) is 7.53. The topological polar surface area (TPSA) is 83.7 Å². The molecule has 1 aromatic heterocycles. The van der Waals surface area contributed by atoms with Crippen LogP contribution in [0.25, 0.3) is 0 Å². The predicted molar refractivity (Wildman–Crippen MR) is 108 cm³/mol. The third-order valence-corrected chi connectivity index (χ3v) is 4.83. The Labute approximate surface area is 169 Å². The zero-order valence-corrected chi connectivity index (χ0v) is 15.9. The van der Waals surface area contributed by atoms with Crippen LogP contribution < -0.4 is 19.9 Å². The molecule has 29 heavy (non-hydrogen) atoms. The Bertz CT molecular complexity index is 963. The lowest BCUT2D eigenvalue weighted by atomic mass is 9.93. The van der Waals surface area contributed by atoms with Crippen LogP contribution in [0, 0.1) is 0 Å². The molecule has 2 N–H and O–H groups in total. The van der Waals surface area contributed by atoms with E-state index in [0.717, 1.165) is 11.1 Å². The van der Waals surface area contributed by atoms with Gasteiger partial charge < -0.3 is 19.9 Å². The number of pyridine rings is 1. The number of amides is 1. The standard InChI is InChI=1S/C23H22N2O4/c24-23(26)20(17-8-10-25-11-9-17)12-19-15-28-21-7-6-18(13-22(21)29-19)27-14-16-4-2-1-3-5-16/h1-11,13,19-20H,12,14-15H2,(H2,24,26)/t19-,20?/m1/s1. The molecule has 0 radical (unpaired) electrons. The van der Waals surface area contributed by atoms with Crippen molar-refractivity contribution in [1.82, 2.24) is 4.98 Å². The van der Waals surface area contributed by atoms with E-state index in [2.05, 4.69) is 4.98 Å². The van der Waals surface area contributed by atoms with Crippen molar-refractivity contribution in [2.45, 2.75) is 25.0 Å². The van der Waals surface area contributed by atoms with Gasteiger partial charge in [0.25, 0.3) is 0 Å². The number of ether oxygens (including phenoxy) is 3. The number of benzene rings is 2. The first kappa shape index (κ1) is 18.8. The summed E-state index contributed by atoms with van der Waals surface area (Å²) in [6.07, 6.45) is 3.43. The number of carbonyl (C=O) groups excluding carboxylic acids is 1. The molecule has 148 valence electrons. The van der Waals surface area contributed by atoms with E-state index in [4.69, 9.17) is 19.9 Å². The number of hydrogen-bond donors (Lipinski definition) is 1. The van der Waals surface area contributed by atoms with Gasteiger partial charge in [-0.3, -0.25) is 9.78 Å². The molecule has 1 amide bonds. The average molecular weight is 390 g/mol. The first-order chi connectivity index (χ1) is 14.2. The minimum absolute atomic E-state index is 0.294. The Morgan fingerprint density at radius 2 is 1.90 bits per heavy atom. The van der Waals surface area contributed by atoms with E-state index in [1.54, 1.807) is 24.5 Å². The molecule has 0 bridgehead atoms. The summed E-state index contributed by atoms with van der Waals surface area (Å²) in [6.45, 7) is 0.821. The number of rotatable bonds is 7. The highest BCUT2D eigenvalue weighted by Crippen LogP contribution is 2.37. The van der Waals surface area contributed by atoms with Crippen LogP contribution in [0.5, 0.6) is 17.2 Å². The first-order valence-electron chi connectivity index (χ1n) is 9.48.